The standard InChI is InChI=1S/C19H14ClN3OS2/c20-13-5-7-15(8-6-13)26-17-4-2-1-3-16(17)22-18(24)11-14-12-23-9-10-25-19(23)21-14/h1-10,12H,11H2,(H,22,24). The zero-order chi connectivity index (χ0) is 17.9. The summed E-state index contributed by atoms with van der Waals surface area (Å²) in [4.78, 5) is 19.8. The number of aromatic nitrogens is 2. The predicted octanol–water partition coefficient (Wildman–Crippen LogP) is 5.38. The summed E-state index contributed by atoms with van der Waals surface area (Å²) in [6.45, 7) is 0. The topological polar surface area (TPSA) is 46.4 Å². The monoisotopic (exact) mass is 399 g/mol. The van der Waals surface area contributed by atoms with Crippen molar-refractivity contribution in [2.45, 2.75) is 16.2 Å². The van der Waals surface area contributed by atoms with Crippen molar-refractivity contribution in [1.29, 1.82) is 0 Å². The Hall–Kier alpha value is -2.28. The number of amides is 1. The molecule has 0 bridgehead atoms. The summed E-state index contributed by atoms with van der Waals surface area (Å²) in [6, 6.07) is 15.4. The molecule has 4 aromatic rings. The maximum absolute atomic E-state index is 12.4. The number of hydrogen-bond acceptors (Lipinski definition) is 4. The normalized spacial score (nSPS) is 11.0. The smallest absolute Gasteiger partial charge is 0.230 e. The molecule has 130 valence electrons. The molecular formula is C19H14ClN3OS2. The highest BCUT2D eigenvalue weighted by Crippen LogP contribution is 2.33. The van der Waals surface area contributed by atoms with E-state index in [9.17, 15) is 4.79 Å². The van der Waals surface area contributed by atoms with E-state index in [0.717, 1.165) is 26.1 Å². The minimum absolute atomic E-state index is 0.0834. The largest absolute Gasteiger partial charge is 0.325 e. The lowest BCUT2D eigenvalue weighted by atomic mass is 10.3. The molecule has 0 radical (unpaired) electrons. The summed E-state index contributed by atoms with van der Waals surface area (Å²) in [5.74, 6) is -0.0834. The summed E-state index contributed by atoms with van der Waals surface area (Å²) in [6.07, 6.45) is 4.07. The van der Waals surface area contributed by atoms with E-state index in [0.29, 0.717) is 5.02 Å². The predicted molar refractivity (Wildman–Crippen MR) is 107 cm³/mol. The van der Waals surface area contributed by atoms with Crippen molar-refractivity contribution in [2.24, 2.45) is 0 Å². The van der Waals surface area contributed by atoms with Crippen molar-refractivity contribution in [3.63, 3.8) is 0 Å². The summed E-state index contributed by atoms with van der Waals surface area (Å²) in [5.41, 5.74) is 1.55. The van der Waals surface area contributed by atoms with Gasteiger partial charge < -0.3 is 5.32 Å². The van der Waals surface area contributed by atoms with Crippen LogP contribution in [0, 0.1) is 0 Å². The number of carbonyl (C=O) groups excluding carboxylic acids is 1. The van der Waals surface area contributed by atoms with E-state index in [2.05, 4.69) is 10.3 Å². The number of benzene rings is 2. The molecule has 0 aliphatic heterocycles. The quantitative estimate of drug-likeness (QED) is 0.490. The number of halogens is 1. The summed E-state index contributed by atoms with van der Waals surface area (Å²) in [7, 11) is 0. The average Bonchev–Trinajstić information content (AvgIpc) is 3.20. The fraction of sp³-hybridized carbons (Fsp3) is 0.0526. The van der Waals surface area contributed by atoms with E-state index in [1.54, 1.807) is 23.1 Å². The fourth-order valence-electron chi connectivity index (χ4n) is 2.51. The van der Waals surface area contributed by atoms with E-state index in [1.807, 2.05) is 70.7 Å². The minimum atomic E-state index is -0.0834. The zero-order valence-electron chi connectivity index (χ0n) is 13.6. The van der Waals surface area contributed by atoms with Gasteiger partial charge in [0.05, 0.1) is 17.8 Å². The molecule has 0 unspecified atom stereocenters. The van der Waals surface area contributed by atoms with Gasteiger partial charge in [-0.15, -0.1) is 11.3 Å². The maximum atomic E-state index is 12.4. The average molecular weight is 400 g/mol. The van der Waals surface area contributed by atoms with Crippen LogP contribution in [0.3, 0.4) is 0 Å². The molecule has 0 aliphatic rings. The Bertz CT molecular complexity index is 1030. The summed E-state index contributed by atoms with van der Waals surface area (Å²) in [5, 5.41) is 5.67. The van der Waals surface area contributed by atoms with E-state index in [1.165, 1.54) is 0 Å². The number of carbonyl (C=O) groups is 1. The van der Waals surface area contributed by atoms with Crippen LogP contribution in [0.2, 0.25) is 5.02 Å². The van der Waals surface area contributed by atoms with Gasteiger partial charge in [0, 0.05) is 32.6 Å². The van der Waals surface area contributed by atoms with Crippen molar-refractivity contribution in [3.05, 3.63) is 77.0 Å². The SMILES string of the molecule is O=C(Cc1cn2ccsc2n1)Nc1ccccc1Sc1ccc(Cl)cc1. The number of hydrogen-bond donors (Lipinski definition) is 1. The van der Waals surface area contributed by atoms with Gasteiger partial charge in [0.1, 0.15) is 0 Å². The number of anilines is 1. The van der Waals surface area contributed by atoms with Gasteiger partial charge in [0.2, 0.25) is 5.91 Å². The van der Waals surface area contributed by atoms with Gasteiger partial charge >= 0.3 is 0 Å². The van der Waals surface area contributed by atoms with E-state index < -0.39 is 0 Å². The lowest BCUT2D eigenvalue weighted by Gasteiger charge is -2.10. The van der Waals surface area contributed by atoms with Crippen LogP contribution >= 0.6 is 34.7 Å². The Morgan fingerprint density at radius 1 is 1.19 bits per heavy atom. The Morgan fingerprint density at radius 3 is 2.81 bits per heavy atom. The van der Waals surface area contributed by atoms with Gasteiger partial charge in [-0.05, 0) is 36.4 Å². The third-order valence-electron chi connectivity index (χ3n) is 3.69. The van der Waals surface area contributed by atoms with Crippen LogP contribution in [0.4, 0.5) is 5.69 Å². The molecule has 2 heterocycles. The molecule has 2 aromatic heterocycles. The number of nitrogens with zero attached hydrogens (tertiary/aromatic N) is 2. The Kier molecular flexibility index (Phi) is 4.97. The van der Waals surface area contributed by atoms with Crippen LogP contribution in [-0.4, -0.2) is 15.3 Å². The molecule has 0 atom stereocenters. The van der Waals surface area contributed by atoms with Crippen LogP contribution in [0.5, 0.6) is 0 Å². The van der Waals surface area contributed by atoms with Crippen molar-refractivity contribution in [3.8, 4) is 0 Å². The lowest BCUT2D eigenvalue weighted by molar-refractivity contribution is -0.115. The maximum Gasteiger partial charge on any atom is 0.230 e. The highest BCUT2D eigenvalue weighted by Gasteiger charge is 2.11. The molecule has 0 spiro atoms. The third-order valence-corrected chi connectivity index (χ3v) is 5.79. The molecule has 1 N–H and O–H groups in total. The Balaban J connectivity index is 1.47. The molecular weight excluding hydrogens is 386 g/mol. The number of imidazole rings is 1. The van der Waals surface area contributed by atoms with Crippen molar-refractivity contribution < 1.29 is 4.79 Å². The summed E-state index contributed by atoms with van der Waals surface area (Å²) < 4.78 is 1.93. The molecule has 7 heteroatoms. The first-order valence-electron chi connectivity index (χ1n) is 7.91. The number of para-hydroxylation sites is 1. The number of thiazole rings is 1. The number of nitrogens with one attached hydrogen (secondary N) is 1. The van der Waals surface area contributed by atoms with E-state index in [-0.39, 0.29) is 12.3 Å². The van der Waals surface area contributed by atoms with Gasteiger partial charge in [0.25, 0.3) is 0 Å². The molecule has 0 saturated heterocycles. The van der Waals surface area contributed by atoms with Crippen LogP contribution in [0.15, 0.2) is 76.1 Å². The first-order chi connectivity index (χ1) is 12.7. The van der Waals surface area contributed by atoms with Gasteiger partial charge in [0.15, 0.2) is 4.96 Å². The highest BCUT2D eigenvalue weighted by molar-refractivity contribution is 7.99. The second kappa shape index (κ2) is 7.53. The zero-order valence-corrected chi connectivity index (χ0v) is 15.9. The van der Waals surface area contributed by atoms with Crippen LogP contribution < -0.4 is 5.32 Å². The molecule has 4 nitrogen and oxygen atoms in total. The molecule has 0 saturated carbocycles. The molecule has 1 amide bonds. The molecule has 26 heavy (non-hydrogen) atoms. The minimum Gasteiger partial charge on any atom is -0.325 e. The second-order valence-corrected chi connectivity index (χ2v) is 8.03. The molecule has 4 rings (SSSR count). The van der Waals surface area contributed by atoms with Gasteiger partial charge in [-0.2, -0.15) is 0 Å². The molecule has 0 fully saturated rings. The van der Waals surface area contributed by atoms with Crippen LogP contribution in [0.1, 0.15) is 5.69 Å². The van der Waals surface area contributed by atoms with E-state index >= 15 is 0 Å². The number of fused-ring (bicyclic) bond motifs is 1. The van der Waals surface area contributed by atoms with Crippen molar-refractivity contribution in [2.75, 3.05) is 5.32 Å². The van der Waals surface area contributed by atoms with Crippen LogP contribution in [-0.2, 0) is 11.2 Å². The van der Waals surface area contributed by atoms with Crippen LogP contribution in [0.25, 0.3) is 4.96 Å². The Labute approximate surface area is 163 Å². The molecule has 0 aliphatic carbocycles. The van der Waals surface area contributed by atoms with E-state index in [4.69, 9.17) is 11.6 Å². The van der Waals surface area contributed by atoms with Crippen molar-refractivity contribution >= 4 is 51.3 Å². The summed E-state index contributed by atoms with van der Waals surface area (Å²) >= 11 is 9.08. The third kappa shape index (κ3) is 3.93. The van der Waals surface area contributed by atoms with Crippen molar-refractivity contribution in [1.82, 2.24) is 9.38 Å². The first-order valence-corrected chi connectivity index (χ1v) is 9.98. The van der Waals surface area contributed by atoms with Gasteiger partial charge in [-0.25, -0.2) is 4.98 Å². The fourth-order valence-corrected chi connectivity index (χ4v) is 4.26. The second-order valence-electron chi connectivity index (χ2n) is 5.60. The highest BCUT2D eigenvalue weighted by atomic mass is 35.5. The Morgan fingerprint density at radius 2 is 2.00 bits per heavy atom. The number of rotatable bonds is 5. The first kappa shape index (κ1) is 17.1. The van der Waals surface area contributed by atoms with Gasteiger partial charge in [-0.1, -0.05) is 35.5 Å². The lowest BCUT2D eigenvalue weighted by Crippen LogP contribution is -2.15. The molecule has 2 aromatic carbocycles. The van der Waals surface area contributed by atoms with Gasteiger partial charge in [-0.3, -0.25) is 9.20 Å².